The summed E-state index contributed by atoms with van der Waals surface area (Å²) in [4.78, 5) is 25.8. The Balaban J connectivity index is 2.50. The molecule has 0 aliphatic heterocycles. The lowest BCUT2D eigenvalue weighted by molar-refractivity contribution is 0.0588. The number of esters is 1. The third kappa shape index (κ3) is 3.31. The molecule has 3 aromatic rings. The molecular weight excluding hydrogens is 394 g/mol. The van der Waals surface area contributed by atoms with Crippen molar-refractivity contribution in [3.63, 3.8) is 0 Å². The first-order chi connectivity index (χ1) is 12.6. The highest BCUT2D eigenvalue weighted by Crippen LogP contribution is 2.33. The second kappa shape index (κ2) is 7.87. The van der Waals surface area contributed by atoms with Gasteiger partial charge in [-0.1, -0.05) is 59.6 Å². The van der Waals surface area contributed by atoms with Crippen LogP contribution in [-0.2, 0) is 11.3 Å². The largest absolute Gasteiger partial charge is 0.464 e. The lowest BCUT2D eigenvalue weighted by Gasteiger charge is -2.18. The average molecular weight is 414 g/mol. The number of halogens is 1. The van der Waals surface area contributed by atoms with Crippen molar-refractivity contribution in [2.45, 2.75) is 26.3 Å². The second-order valence-corrected chi connectivity index (χ2v) is 7.00. The summed E-state index contributed by atoms with van der Waals surface area (Å²) >= 11 is 3.48. The SMILES string of the molecule is CCCCn1c(C(=O)OC)c(-c2ccccc2)c2cc(Br)ccc2c1=O. The van der Waals surface area contributed by atoms with E-state index < -0.39 is 5.97 Å². The number of fused-ring (bicyclic) bond motifs is 1. The Morgan fingerprint density at radius 2 is 1.85 bits per heavy atom. The molecule has 5 heteroatoms. The molecule has 0 radical (unpaired) electrons. The minimum Gasteiger partial charge on any atom is -0.464 e. The molecule has 1 aromatic heterocycles. The summed E-state index contributed by atoms with van der Waals surface area (Å²) in [5, 5.41) is 1.33. The number of methoxy groups -OCH3 is 1. The van der Waals surface area contributed by atoms with Gasteiger partial charge in [-0.05, 0) is 35.6 Å². The van der Waals surface area contributed by atoms with Crippen molar-refractivity contribution in [2.24, 2.45) is 0 Å². The van der Waals surface area contributed by atoms with Gasteiger partial charge in [0.1, 0.15) is 5.69 Å². The summed E-state index contributed by atoms with van der Waals surface area (Å²) in [6.07, 6.45) is 1.73. The van der Waals surface area contributed by atoms with Crippen LogP contribution in [0.5, 0.6) is 0 Å². The molecule has 0 N–H and O–H groups in total. The molecule has 26 heavy (non-hydrogen) atoms. The minimum absolute atomic E-state index is 0.166. The normalized spacial score (nSPS) is 10.9. The molecule has 2 aromatic carbocycles. The fourth-order valence-corrected chi connectivity index (χ4v) is 3.52. The zero-order chi connectivity index (χ0) is 18.7. The number of carbonyl (C=O) groups is 1. The smallest absolute Gasteiger partial charge is 0.355 e. The molecule has 134 valence electrons. The van der Waals surface area contributed by atoms with E-state index in [4.69, 9.17) is 4.74 Å². The summed E-state index contributed by atoms with van der Waals surface area (Å²) in [7, 11) is 1.34. The first-order valence-electron chi connectivity index (χ1n) is 8.58. The van der Waals surface area contributed by atoms with Crippen LogP contribution < -0.4 is 5.56 Å². The minimum atomic E-state index is -0.501. The van der Waals surface area contributed by atoms with Crippen LogP contribution in [0.4, 0.5) is 0 Å². The van der Waals surface area contributed by atoms with E-state index in [0.29, 0.717) is 17.6 Å². The van der Waals surface area contributed by atoms with Gasteiger partial charge < -0.3 is 9.30 Å². The maximum absolute atomic E-state index is 13.1. The zero-order valence-corrected chi connectivity index (χ0v) is 16.4. The molecule has 0 spiro atoms. The molecule has 0 saturated carbocycles. The summed E-state index contributed by atoms with van der Waals surface area (Å²) in [6, 6.07) is 15.2. The van der Waals surface area contributed by atoms with E-state index in [0.717, 1.165) is 33.8 Å². The second-order valence-electron chi connectivity index (χ2n) is 6.08. The van der Waals surface area contributed by atoms with Crippen molar-refractivity contribution in [1.29, 1.82) is 0 Å². The number of hydrogen-bond donors (Lipinski definition) is 0. The Hall–Kier alpha value is -2.40. The molecular formula is C21H20BrNO3. The van der Waals surface area contributed by atoms with Crippen LogP contribution in [0.2, 0.25) is 0 Å². The van der Waals surface area contributed by atoms with E-state index in [2.05, 4.69) is 22.9 Å². The molecule has 0 unspecified atom stereocenters. The summed E-state index contributed by atoms with van der Waals surface area (Å²) < 4.78 is 7.46. The van der Waals surface area contributed by atoms with Crippen molar-refractivity contribution in [3.05, 3.63) is 69.1 Å². The maximum atomic E-state index is 13.1. The standard InChI is InChI=1S/C21H20BrNO3/c1-3-4-12-23-19(21(25)26-2)18(14-8-6-5-7-9-14)17-13-15(22)10-11-16(17)20(23)24/h5-11,13H,3-4,12H2,1-2H3. The van der Waals surface area contributed by atoms with Gasteiger partial charge in [-0.3, -0.25) is 4.79 Å². The fourth-order valence-electron chi connectivity index (χ4n) is 3.15. The zero-order valence-electron chi connectivity index (χ0n) is 14.8. The van der Waals surface area contributed by atoms with Gasteiger partial charge in [0.25, 0.3) is 5.56 Å². The molecule has 0 fully saturated rings. The van der Waals surface area contributed by atoms with Crippen LogP contribution in [0.15, 0.2) is 57.8 Å². The van der Waals surface area contributed by atoms with Crippen molar-refractivity contribution in [3.8, 4) is 11.1 Å². The number of nitrogens with zero attached hydrogens (tertiary/aromatic N) is 1. The van der Waals surface area contributed by atoms with Gasteiger partial charge in [-0.25, -0.2) is 4.79 Å². The van der Waals surface area contributed by atoms with Gasteiger partial charge >= 0.3 is 5.97 Å². The lowest BCUT2D eigenvalue weighted by atomic mass is 9.96. The quantitative estimate of drug-likeness (QED) is 0.551. The Morgan fingerprint density at radius 3 is 2.50 bits per heavy atom. The Labute approximate surface area is 160 Å². The van der Waals surface area contributed by atoms with Gasteiger partial charge in [0.15, 0.2) is 0 Å². The van der Waals surface area contributed by atoms with Gasteiger partial charge in [0, 0.05) is 22.0 Å². The third-order valence-electron chi connectivity index (χ3n) is 4.41. The van der Waals surface area contributed by atoms with E-state index in [1.54, 1.807) is 10.6 Å². The summed E-state index contributed by atoms with van der Waals surface area (Å²) in [5.41, 5.74) is 1.74. The van der Waals surface area contributed by atoms with Gasteiger partial charge in [0.2, 0.25) is 0 Å². The van der Waals surface area contributed by atoms with Crippen molar-refractivity contribution in [2.75, 3.05) is 7.11 Å². The number of aromatic nitrogens is 1. The maximum Gasteiger partial charge on any atom is 0.355 e. The number of benzene rings is 2. The molecule has 0 aliphatic rings. The van der Waals surface area contributed by atoms with Crippen LogP contribution >= 0.6 is 15.9 Å². The molecule has 3 rings (SSSR count). The number of hydrogen-bond acceptors (Lipinski definition) is 3. The first kappa shape index (κ1) is 18.4. The van der Waals surface area contributed by atoms with Crippen LogP contribution in [0, 0.1) is 0 Å². The van der Waals surface area contributed by atoms with Gasteiger partial charge in [-0.2, -0.15) is 0 Å². The highest BCUT2D eigenvalue weighted by atomic mass is 79.9. The molecule has 0 bridgehead atoms. The Kier molecular flexibility index (Phi) is 5.57. The lowest BCUT2D eigenvalue weighted by Crippen LogP contribution is -2.28. The summed E-state index contributed by atoms with van der Waals surface area (Å²) in [5.74, 6) is -0.501. The number of pyridine rings is 1. The molecule has 0 amide bonds. The van der Waals surface area contributed by atoms with E-state index in [1.807, 2.05) is 42.5 Å². The van der Waals surface area contributed by atoms with Crippen molar-refractivity contribution < 1.29 is 9.53 Å². The Bertz CT molecular complexity index is 1010. The molecule has 1 heterocycles. The van der Waals surface area contributed by atoms with Crippen LogP contribution in [0.3, 0.4) is 0 Å². The van der Waals surface area contributed by atoms with E-state index in [-0.39, 0.29) is 5.56 Å². The van der Waals surface area contributed by atoms with E-state index in [1.165, 1.54) is 7.11 Å². The van der Waals surface area contributed by atoms with E-state index in [9.17, 15) is 9.59 Å². The first-order valence-corrected chi connectivity index (χ1v) is 9.37. The predicted molar refractivity (Wildman–Crippen MR) is 108 cm³/mol. The highest BCUT2D eigenvalue weighted by molar-refractivity contribution is 9.10. The third-order valence-corrected chi connectivity index (χ3v) is 4.90. The fraction of sp³-hybridized carbons (Fsp3) is 0.238. The van der Waals surface area contributed by atoms with Crippen LogP contribution in [0.25, 0.3) is 21.9 Å². The number of rotatable bonds is 5. The molecule has 0 saturated heterocycles. The van der Waals surface area contributed by atoms with Crippen LogP contribution in [-0.4, -0.2) is 17.6 Å². The molecule has 4 nitrogen and oxygen atoms in total. The number of ether oxygens (including phenoxy) is 1. The van der Waals surface area contributed by atoms with Crippen LogP contribution in [0.1, 0.15) is 30.3 Å². The average Bonchev–Trinajstić information content (AvgIpc) is 2.67. The topological polar surface area (TPSA) is 48.3 Å². The summed E-state index contributed by atoms with van der Waals surface area (Å²) in [6.45, 7) is 2.53. The predicted octanol–water partition coefficient (Wildman–Crippen LogP) is 5.02. The Morgan fingerprint density at radius 1 is 1.12 bits per heavy atom. The van der Waals surface area contributed by atoms with E-state index >= 15 is 0 Å². The van der Waals surface area contributed by atoms with Crippen molar-refractivity contribution in [1.82, 2.24) is 4.57 Å². The molecule has 0 aliphatic carbocycles. The monoisotopic (exact) mass is 413 g/mol. The van der Waals surface area contributed by atoms with Crippen molar-refractivity contribution >= 4 is 32.7 Å². The molecule has 0 atom stereocenters. The number of unbranched alkanes of at least 4 members (excludes halogenated alkanes) is 1. The number of carbonyl (C=O) groups excluding carboxylic acids is 1. The van der Waals surface area contributed by atoms with Gasteiger partial charge in [-0.15, -0.1) is 0 Å². The van der Waals surface area contributed by atoms with Gasteiger partial charge in [0.05, 0.1) is 7.11 Å². The highest BCUT2D eigenvalue weighted by Gasteiger charge is 2.23.